The highest BCUT2D eigenvalue weighted by molar-refractivity contribution is 5.94. The van der Waals surface area contributed by atoms with Crippen LogP contribution in [0.3, 0.4) is 0 Å². The highest BCUT2D eigenvalue weighted by Gasteiger charge is 2.15. The Morgan fingerprint density at radius 2 is 2.25 bits per heavy atom. The van der Waals surface area contributed by atoms with Gasteiger partial charge < -0.3 is 4.90 Å². The SMILES string of the molecule is CCCCCN(C)C(=O)c1ccncc1F. The summed E-state index contributed by atoms with van der Waals surface area (Å²) in [5.74, 6) is -0.842. The molecule has 0 aliphatic carbocycles. The summed E-state index contributed by atoms with van der Waals surface area (Å²) in [6.07, 6.45) is 5.62. The molecule has 1 rings (SSSR count). The summed E-state index contributed by atoms with van der Waals surface area (Å²) in [7, 11) is 1.69. The minimum absolute atomic E-state index is 0.0917. The van der Waals surface area contributed by atoms with Crippen LogP contribution < -0.4 is 0 Å². The summed E-state index contributed by atoms with van der Waals surface area (Å²) >= 11 is 0. The van der Waals surface area contributed by atoms with Gasteiger partial charge in [0, 0.05) is 19.8 Å². The lowest BCUT2D eigenvalue weighted by molar-refractivity contribution is 0.0788. The van der Waals surface area contributed by atoms with E-state index in [1.54, 1.807) is 11.9 Å². The van der Waals surface area contributed by atoms with Gasteiger partial charge in [0.1, 0.15) is 0 Å². The number of nitrogens with zero attached hydrogens (tertiary/aromatic N) is 2. The molecule has 1 amide bonds. The number of carbonyl (C=O) groups excluding carboxylic acids is 1. The van der Waals surface area contributed by atoms with Gasteiger partial charge in [-0.15, -0.1) is 0 Å². The van der Waals surface area contributed by atoms with Gasteiger partial charge in [-0.2, -0.15) is 0 Å². The van der Waals surface area contributed by atoms with Crippen LogP contribution in [0.5, 0.6) is 0 Å². The number of rotatable bonds is 5. The number of halogens is 1. The van der Waals surface area contributed by atoms with Crippen molar-refractivity contribution in [3.63, 3.8) is 0 Å². The van der Waals surface area contributed by atoms with E-state index in [0.717, 1.165) is 25.5 Å². The monoisotopic (exact) mass is 224 g/mol. The largest absolute Gasteiger partial charge is 0.342 e. The second-order valence-corrected chi connectivity index (χ2v) is 3.79. The van der Waals surface area contributed by atoms with E-state index in [9.17, 15) is 9.18 Å². The summed E-state index contributed by atoms with van der Waals surface area (Å²) in [5.41, 5.74) is 0.0917. The first-order valence-electron chi connectivity index (χ1n) is 5.51. The van der Waals surface area contributed by atoms with Gasteiger partial charge >= 0.3 is 0 Å². The fourth-order valence-electron chi connectivity index (χ4n) is 1.45. The van der Waals surface area contributed by atoms with E-state index in [-0.39, 0.29) is 11.5 Å². The van der Waals surface area contributed by atoms with Crippen LogP contribution in [0.25, 0.3) is 0 Å². The molecule has 1 aromatic rings. The minimum Gasteiger partial charge on any atom is -0.342 e. The van der Waals surface area contributed by atoms with Crippen LogP contribution in [0.1, 0.15) is 36.5 Å². The standard InChI is InChI=1S/C12H17FN2O/c1-3-4-5-8-15(2)12(16)10-6-7-14-9-11(10)13/h6-7,9H,3-5,8H2,1-2H3. The van der Waals surface area contributed by atoms with Crippen LogP contribution in [-0.2, 0) is 0 Å². The molecule has 4 heteroatoms. The Bertz CT molecular complexity index is 355. The third-order valence-corrected chi connectivity index (χ3v) is 2.45. The molecule has 0 radical (unpaired) electrons. The average Bonchev–Trinajstić information content (AvgIpc) is 2.29. The molecule has 3 nitrogen and oxygen atoms in total. The van der Waals surface area contributed by atoms with E-state index < -0.39 is 5.82 Å². The zero-order valence-corrected chi connectivity index (χ0v) is 9.74. The Kier molecular flexibility index (Phi) is 4.89. The van der Waals surface area contributed by atoms with Crippen LogP contribution in [0.4, 0.5) is 4.39 Å². The van der Waals surface area contributed by atoms with Crippen molar-refractivity contribution in [3.05, 3.63) is 29.8 Å². The number of amides is 1. The van der Waals surface area contributed by atoms with E-state index in [0.29, 0.717) is 6.54 Å². The molecular weight excluding hydrogens is 207 g/mol. The fourth-order valence-corrected chi connectivity index (χ4v) is 1.45. The summed E-state index contributed by atoms with van der Waals surface area (Å²) < 4.78 is 13.3. The van der Waals surface area contributed by atoms with Gasteiger partial charge in [0.15, 0.2) is 5.82 Å². The number of carbonyl (C=O) groups is 1. The van der Waals surface area contributed by atoms with Gasteiger partial charge in [0.2, 0.25) is 0 Å². The molecule has 0 fully saturated rings. The van der Waals surface area contributed by atoms with Gasteiger partial charge in [0.05, 0.1) is 11.8 Å². The fraction of sp³-hybridized carbons (Fsp3) is 0.500. The molecule has 88 valence electrons. The normalized spacial score (nSPS) is 10.2. The highest BCUT2D eigenvalue weighted by Crippen LogP contribution is 2.08. The summed E-state index contributed by atoms with van der Waals surface area (Å²) in [4.78, 5) is 17.0. The molecule has 0 N–H and O–H groups in total. The van der Waals surface area contributed by atoms with Gasteiger partial charge in [-0.3, -0.25) is 9.78 Å². The van der Waals surface area contributed by atoms with Crippen LogP contribution in [0.15, 0.2) is 18.5 Å². The van der Waals surface area contributed by atoms with Crippen molar-refractivity contribution in [2.24, 2.45) is 0 Å². The minimum atomic E-state index is -0.560. The maximum Gasteiger partial charge on any atom is 0.256 e. The smallest absolute Gasteiger partial charge is 0.256 e. The maximum absolute atomic E-state index is 13.3. The van der Waals surface area contributed by atoms with Crippen LogP contribution >= 0.6 is 0 Å². The molecule has 0 saturated carbocycles. The quantitative estimate of drug-likeness (QED) is 0.720. The average molecular weight is 224 g/mol. The van der Waals surface area contributed by atoms with Crippen LogP contribution in [0, 0.1) is 5.82 Å². The van der Waals surface area contributed by atoms with Crippen molar-refractivity contribution in [1.29, 1.82) is 0 Å². The maximum atomic E-state index is 13.3. The van der Waals surface area contributed by atoms with Crippen molar-refractivity contribution >= 4 is 5.91 Å². The molecule has 0 unspecified atom stereocenters. The van der Waals surface area contributed by atoms with Crippen molar-refractivity contribution < 1.29 is 9.18 Å². The molecular formula is C12H17FN2O. The highest BCUT2D eigenvalue weighted by atomic mass is 19.1. The molecule has 16 heavy (non-hydrogen) atoms. The van der Waals surface area contributed by atoms with E-state index in [1.807, 2.05) is 0 Å². The molecule has 1 aromatic heterocycles. The molecule has 0 aromatic carbocycles. The topological polar surface area (TPSA) is 33.2 Å². The Labute approximate surface area is 95.3 Å². The van der Waals surface area contributed by atoms with Gasteiger partial charge in [-0.1, -0.05) is 19.8 Å². The molecule has 0 saturated heterocycles. The molecule has 0 aliphatic rings. The number of unbranched alkanes of at least 4 members (excludes halogenated alkanes) is 2. The van der Waals surface area contributed by atoms with Gasteiger partial charge in [-0.25, -0.2) is 4.39 Å². The molecule has 0 atom stereocenters. The summed E-state index contributed by atoms with van der Waals surface area (Å²) in [5, 5.41) is 0. The number of pyridine rings is 1. The lowest BCUT2D eigenvalue weighted by Gasteiger charge is -2.17. The predicted octanol–water partition coefficient (Wildman–Crippen LogP) is 2.48. The Hall–Kier alpha value is -1.45. The second kappa shape index (κ2) is 6.20. The molecule has 0 bridgehead atoms. The number of hydrogen-bond acceptors (Lipinski definition) is 2. The van der Waals surface area contributed by atoms with E-state index in [2.05, 4.69) is 11.9 Å². The first-order chi connectivity index (χ1) is 7.66. The van der Waals surface area contributed by atoms with Crippen molar-refractivity contribution in [2.45, 2.75) is 26.2 Å². The van der Waals surface area contributed by atoms with Crippen molar-refractivity contribution in [2.75, 3.05) is 13.6 Å². The Balaban J connectivity index is 2.60. The Morgan fingerprint density at radius 1 is 1.50 bits per heavy atom. The van der Waals surface area contributed by atoms with Crippen LogP contribution in [0.2, 0.25) is 0 Å². The van der Waals surface area contributed by atoms with Crippen LogP contribution in [-0.4, -0.2) is 29.4 Å². The van der Waals surface area contributed by atoms with Crippen molar-refractivity contribution in [3.8, 4) is 0 Å². The summed E-state index contributed by atoms with van der Waals surface area (Å²) in [6, 6.07) is 1.41. The third kappa shape index (κ3) is 3.29. The van der Waals surface area contributed by atoms with Gasteiger partial charge in [0.25, 0.3) is 5.91 Å². The van der Waals surface area contributed by atoms with Gasteiger partial charge in [-0.05, 0) is 12.5 Å². The van der Waals surface area contributed by atoms with E-state index in [1.165, 1.54) is 12.3 Å². The van der Waals surface area contributed by atoms with E-state index in [4.69, 9.17) is 0 Å². The second-order valence-electron chi connectivity index (χ2n) is 3.79. The summed E-state index contributed by atoms with van der Waals surface area (Å²) in [6.45, 7) is 2.76. The number of hydrogen-bond donors (Lipinski definition) is 0. The molecule has 0 spiro atoms. The Morgan fingerprint density at radius 3 is 2.88 bits per heavy atom. The first-order valence-corrected chi connectivity index (χ1v) is 5.51. The number of aromatic nitrogens is 1. The zero-order chi connectivity index (χ0) is 12.0. The van der Waals surface area contributed by atoms with E-state index >= 15 is 0 Å². The third-order valence-electron chi connectivity index (χ3n) is 2.45. The first kappa shape index (κ1) is 12.6. The lowest BCUT2D eigenvalue weighted by Crippen LogP contribution is -2.28. The van der Waals surface area contributed by atoms with Crippen molar-refractivity contribution in [1.82, 2.24) is 9.88 Å². The molecule has 0 aliphatic heterocycles. The zero-order valence-electron chi connectivity index (χ0n) is 9.74. The molecule has 1 heterocycles. The lowest BCUT2D eigenvalue weighted by atomic mass is 10.2. The predicted molar refractivity (Wildman–Crippen MR) is 60.7 cm³/mol.